The zero-order chi connectivity index (χ0) is 13.5. The van der Waals surface area contributed by atoms with Gasteiger partial charge in [-0.05, 0) is 68.4 Å². The smallest absolute Gasteiger partial charge is 1.00 e. The molecule has 0 N–H and O–H groups in total. The van der Waals surface area contributed by atoms with Crippen molar-refractivity contribution in [3.63, 3.8) is 0 Å². The van der Waals surface area contributed by atoms with Crippen LogP contribution in [0.2, 0.25) is 0 Å². The van der Waals surface area contributed by atoms with Gasteiger partial charge in [0, 0.05) is 11.8 Å². The van der Waals surface area contributed by atoms with Crippen LogP contribution in [0.1, 0.15) is 59.7 Å². The Morgan fingerprint density at radius 2 is 1.24 bits per heavy atom. The molecule has 0 radical (unpaired) electrons. The van der Waals surface area contributed by atoms with E-state index in [9.17, 15) is 0 Å². The van der Waals surface area contributed by atoms with Crippen LogP contribution in [-0.4, -0.2) is 0 Å². The van der Waals surface area contributed by atoms with Gasteiger partial charge in [-0.2, -0.15) is 0 Å². The normalized spacial score (nSPS) is 32.0. The van der Waals surface area contributed by atoms with E-state index in [-0.39, 0.29) is 31.0 Å². The van der Waals surface area contributed by atoms with Crippen LogP contribution in [0.5, 0.6) is 0 Å². The van der Waals surface area contributed by atoms with Crippen molar-refractivity contribution in [2.45, 2.75) is 58.3 Å². The van der Waals surface area contributed by atoms with Crippen LogP contribution in [0, 0.1) is 17.8 Å². The zero-order valence-electron chi connectivity index (χ0n) is 14.7. The first-order valence-corrected chi connectivity index (χ1v) is 8.65. The van der Waals surface area contributed by atoms with Crippen LogP contribution < -0.4 is 29.6 Å². The predicted molar refractivity (Wildman–Crippen MR) is 86.5 cm³/mol. The van der Waals surface area contributed by atoms with Crippen LogP contribution >= 0.6 is 0 Å². The van der Waals surface area contributed by atoms with Crippen LogP contribution in [0.4, 0.5) is 0 Å². The first kappa shape index (κ1) is 15.8. The monoisotopic (exact) mass is 290 g/mol. The van der Waals surface area contributed by atoms with E-state index in [0.717, 1.165) is 17.8 Å². The molecule has 4 rings (SSSR count). The van der Waals surface area contributed by atoms with Gasteiger partial charge >= 0.3 is 29.6 Å². The molecular weight excluding hydrogens is 263 g/mol. The van der Waals surface area contributed by atoms with Crippen molar-refractivity contribution >= 4 is 0 Å². The summed E-state index contributed by atoms with van der Waals surface area (Å²) in [7, 11) is 0. The number of rotatable bonds is 2. The van der Waals surface area contributed by atoms with Gasteiger partial charge in [-0.15, -0.1) is 0 Å². The molecule has 0 bridgehead atoms. The van der Waals surface area contributed by atoms with Crippen LogP contribution in [0.3, 0.4) is 0 Å². The third kappa shape index (κ3) is 2.80. The third-order valence-corrected chi connectivity index (χ3v) is 6.06. The molecule has 4 aliphatic carbocycles. The zero-order valence-corrected chi connectivity index (χ0v) is 15.7. The van der Waals surface area contributed by atoms with E-state index in [1.54, 1.807) is 22.3 Å². The molecule has 0 saturated heterocycles. The molecule has 2 unspecified atom stereocenters. The summed E-state index contributed by atoms with van der Waals surface area (Å²) in [5.41, 5.74) is 6.96. The fourth-order valence-electron chi connectivity index (χ4n) is 4.93. The van der Waals surface area contributed by atoms with Crippen molar-refractivity contribution in [1.29, 1.82) is 0 Å². The fraction of sp³-hybridized carbons (Fsp3) is 0.600. The molecular formula is C20H27Na. The maximum absolute atomic E-state index is 2.52. The molecule has 0 spiro atoms. The number of hydrogen-bond donors (Lipinski definition) is 0. The van der Waals surface area contributed by atoms with Crippen LogP contribution in [0.15, 0.2) is 46.6 Å². The summed E-state index contributed by atoms with van der Waals surface area (Å²) < 4.78 is 0. The predicted octanol–water partition coefficient (Wildman–Crippen LogP) is 2.85. The summed E-state index contributed by atoms with van der Waals surface area (Å²) in [5, 5.41) is 0. The van der Waals surface area contributed by atoms with Gasteiger partial charge in [-0.3, -0.25) is 0 Å². The minimum atomic E-state index is 0. The van der Waals surface area contributed by atoms with E-state index < -0.39 is 0 Å². The molecule has 0 aromatic heterocycles. The second-order valence-electron chi connectivity index (χ2n) is 7.14. The second-order valence-corrected chi connectivity index (χ2v) is 7.14. The molecule has 1 heteroatoms. The standard InChI is InChI=1S/C20H26.Na.H/c1-14(17-12-10-15-6-2-4-8-19(15)17)18-13-11-16-7-3-5-9-20(16)18;;/h10-14,17-18H,2-9H2,1H3;;/q;+1;-1. The molecule has 0 fully saturated rings. The van der Waals surface area contributed by atoms with Crippen molar-refractivity contribution < 1.29 is 31.0 Å². The van der Waals surface area contributed by atoms with E-state index >= 15 is 0 Å². The Labute approximate surface area is 153 Å². The Bertz CT molecular complexity index is 490. The summed E-state index contributed by atoms with van der Waals surface area (Å²) in [6, 6.07) is 0. The largest absolute Gasteiger partial charge is 1.00 e. The van der Waals surface area contributed by atoms with E-state index in [4.69, 9.17) is 0 Å². The van der Waals surface area contributed by atoms with Gasteiger partial charge in [0.15, 0.2) is 0 Å². The molecule has 0 aliphatic heterocycles. The SMILES string of the molecule is CC(C1C=CC2=C1CCCC2)C1C=CC2=C1CCCC2.[H-].[Na+]. The molecule has 0 nitrogen and oxygen atoms in total. The first-order valence-electron chi connectivity index (χ1n) is 8.65. The van der Waals surface area contributed by atoms with E-state index in [2.05, 4.69) is 31.2 Å². The molecule has 2 atom stereocenters. The Hall–Kier alpha value is -0.0400. The van der Waals surface area contributed by atoms with Crippen molar-refractivity contribution in [2.24, 2.45) is 17.8 Å². The third-order valence-electron chi connectivity index (χ3n) is 6.06. The van der Waals surface area contributed by atoms with Gasteiger partial charge in [-0.25, -0.2) is 0 Å². The van der Waals surface area contributed by atoms with Crippen molar-refractivity contribution in [3.8, 4) is 0 Å². The van der Waals surface area contributed by atoms with Crippen molar-refractivity contribution in [3.05, 3.63) is 46.6 Å². The van der Waals surface area contributed by atoms with Gasteiger partial charge in [0.25, 0.3) is 0 Å². The molecule has 0 amide bonds. The second kappa shape index (κ2) is 6.60. The summed E-state index contributed by atoms with van der Waals surface area (Å²) in [6.45, 7) is 2.50. The summed E-state index contributed by atoms with van der Waals surface area (Å²) in [5.74, 6) is 2.22. The fourth-order valence-corrected chi connectivity index (χ4v) is 4.93. The Balaban J connectivity index is 0.000000882. The molecule has 4 aliphatic rings. The molecule has 0 saturated carbocycles. The first-order chi connectivity index (χ1) is 9.84. The molecule has 0 aromatic carbocycles. The van der Waals surface area contributed by atoms with Gasteiger partial charge in [0.2, 0.25) is 0 Å². The van der Waals surface area contributed by atoms with Crippen molar-refractivity contribution in [2.75, 3.05) is 0 Å². The molecule has 0 aromatic rings. The summed E-state index contributed by atoms with van der Waals surface area (Å²) in [4.78, 5) is 0. The van der Waals surface area contributed by atoms with E-state index in [1.807, 2.05) is 0 Å². The topological polar surface area (TPSA) is 0 Å². The maximum Gasteiger partial charge on any atom is 1.00 e. The molecule has 108 valence electrons. The number of hydrogen-bond acceptors (Lipinski definition) is 0. The minimum Gasteiger partial charge on any atom is -1.00 e. The Morgan fingerprint density at radius 1 is 0.810 bits per heavy atom. The molecule has 0 heterocycles. The number of allylic oxidation sites excluding steroid dienone is 8. The minimum absolute atomic E-state index is 0. The summed E-state index contributed by atoms with van der Waals surface area (Å²) >= 11 is 0. The molecule has 21 heavy (non-hydrogen) atoms. The van der Waals surface area contributed by atoms with E-state index in [0.29, 0.717) is 0 Å². The van der Waals surface area contributed by atoms with Gasteiger partial charge < -0.3 is 1.43 Å². The van der Waals surface area contributed by atoms with Crippen molar-refractivity contribution in [1.82, 2.24) is 0 Å². The average molecular weight is 290 g/mol. The summed E-state index contributed by atoms with van der Waals surface area (Å²) in [6.07, 6.45) is 21.0. The quantitative estimate of drug-likeness (QED) is 0.686. The average Bonchev–Trinajstić information content (AvgIpc) is 3.11. The van der Waals surface area contributed by atoms with Gasteiger partial charge in [0.05, 0.1) is 0 Å². The van der Waals surface area contributed by atoms with E-state index in [1.165, 1.54) is 51.4 Å². The van der Waals surface area contributed by atoms with Crippen LogP contribution in [0.25, 0.3) is 0 Å². The Morgan fingerprint density at radius 3 is 1.71 bits per heavy atom. The maximum atomic E-state index is 2.52. The van der Waals surface area contributed by atoms with Gasteiger partial charge in [-0.1, -0.05) is 42.4 Å². The Kier molecular flexibility index (Phi) is 4.98. The van der Waals surface area contributed by atoms with Crippen LogP contribution in [-0.2, 0) is 0 Å². The van der Waals surface area contributed by atoms with Gasteiger partial charge in [0.1, 0.15) is 0 Å².